The van der Waals surface area contributed by atoms with E-state index in [1.54, 1.807) is 30.4 Å². The van der Waals surface area contributed by atoms with Crippen molar-refractivity contribution in [3.63, 3.8) is 0 Å². The normalized spacial score (nSPS) is 13.6. The summed E-state index contributed by atoms with van der Waals surface area (Å²) in [6, 6.07) is 9.97. The fourth-order valence-electron chi connectivity index (χ4n) is 4.38. The molecule has 6 nitrogen and oxygen atoms in total. The summed E-state index contributed by atoms with van der Waals surface area (Å²) in [5.74, 6) is -0.301. The minimum absolute atomic E-state index is 0.134. The highest BCUT2D eigenvalue weighted by molar-refractivity contribution is 7.09. The lowest BCUT2D eigenvalue weighted by Crippen LogP contribution is -2.53. The Balaban J connectivity index is 1.99. The van der Waals surface area contributed by atoms with Gasteiger partial charge in [-0.2, -0.15) is 0 Å². The van der Waals surface area contributed by atoms with Crippen LogP contribution >= 0.6 is 11.3 Å². The van der Waals surface area contributed by atoms with Crippen molar-refractivity contribution in [2.24, 2.45) is 5.92 Å². The van der Waals surface area contributed by atoms with Crippen molar-refractivity contribution in [1.29, 1.82) is 0 Å². The average Bonchev–Trinajstić information content (AvgIpc) is 3.36. The molecule has 0 fully saturated rings. The molecule has 0 saturated heterocycles. The van der Waals surface area contributed by atoms with Gasteiger partial charge < -0.3 is 15.0 Å². The first-order chi connectivity index (χ1) is 15.2. The molecular weight excluding hydrogens is 422 g/mol. The molecule has 172 valence electrons. The van der Waals surface area contributed by atoms with Gasteiger partial charge in [-0.25, -0.2) is 9.78 Å². The number of nitrogens with one attached hydrogen (secondary N) is 1. The first-order valence-electron chi connectivity index (χ1n) is 11.3. The predicted octanol–water partition coefficient (Wildman–Crippen LogP) is 5.67. The van der Waals surface area contributed by atoms with Crippen LogP contribution in [0.25, 0.3) is 11.0 Å². The summed E-state index contributed by atoms with van der Waals surface area (Å²) in [4.78, 5) is 31.0. The zero-order chi connectivity index (χ0) is 23.5. The topological polar surface area (TPSA) is 84.2 Å². The van der Waals surface area contributed by atoms with Gasteiger partial charge in [-0.15, -0.1) is 11.3 Å². The number of aliphatic carboxylic acids is 1. The maximum absolute atomic E-state index is 13.0. The quantitative estimate of drug-likeness (QED) is 0.413. The van der Waals surface area contributed by atoms with E-state index in [1.165, 1.54) is 4.88 Å². The maximum Gasteiger partial charge on any atom is 0.329 e. The SMILES string of the molecule is CCC(CC)n1c(Cc2cccs2)nc2cc(C(=O)N[C@@](C)(CC(C)C)C(=O)O)ccc21. The molecule has 2 heterocycles. The molecule has 0 spiro atoms. The van der Waals surface area contributed by atoms with E-state index >= 15 is 0 Å². The highest BCUT2D eigenvalue weighted by Crippen LogP contribution is 2.28. The van der Waals surface area contributed by atoms with Crippen molar-refractivity contribution in [1.82, 2.24) is 14.9 Å². The molecular formula is C25H33N3O3S. The van der Waals surface area contributed by atoms with Gasteiger partial charge in [-0.1, -0.05) is 33.8 Å². The van der Waals surface area contributed by atoms with Crippen molar-refractivity contribution >= 4 is 34.2 Å². The second-order valence-corrected chi connectivity index (χ2v) is 10.0. The molecule has 3 aromatic rings. The Morgan fingerprint density at radius 1 is 1.22 bits per heavy atom. The van der Waals surface area contributed by atoms with E-state index in [0.717, 1.165) is 36.1 Å². The number of hydrogen-bond donors (Lipinski definition) is 2. The summed E-state index contributed by atoms with van der Waals surface area (Å²) >= 11 is 1.71. The van der Waals surface area contributed by atoms with Gasteiger partial charge in [0, 0.05) is 22.9 Å². The maximum atomic E-state index is 13.0. The Kier molecular flexibility index (Phi) is 7.39. The number of carboxylic acids is 1. The fraction of sp³-hybridized carbons (Fsp3) is 0.480. The largest absolute Gasteiger partial charge is 0.480 e. The van der Waals surface area contributed by atoms with Crippen LogP contribution < -0.4 is 5.32 Å². The molecule has 2 aromatic heterocycles. The average molecular weight is 456 g/mol. The van der Waals surface area contributed by atoms with Crippen LogP contribution in [-0.4, -0.2) is 32.1 Å². The Morgan fingerprint density at radius 2 is 1.94 bits per heavy atom. The number of nitrogens with zero attached hydrogens (tertiary/aromatic N) is 2. The highest BCUT2D eigenvalue weighted by atomic mass is 32.1. The number of rotatable bonds is 10. The minimum Gasteiger partial charge on any atom is -0.480 e. The monoisotopic (exact) mass is 455 g/mol. The van der Waals surface area contributed by atoms with E-state index in [4.69, 9.17) is 4.98 Å². The van der Waals surface area contributed by atoms with Crippen LogP contribution in [0.1, 0.15) is 81.0 Å². The highest BCUT2D eigenvalue weighted by Gasteiger charge is 2.35. The number of fused-ring (bicyclic) bond motifs is 1. The molecule has 0 aliphatic heterocycles. The Bertz CT molecular complexity index is 1080. The standard InChI is InChI=1S/C25H33N3O3S/c1-6-18(7-2)28-21-11-10-17(23(29)27-25(5,24(30)31)15-16(3)4)13-20(21)26-22(28)14-19-9-8-12-32-19/h8-13,16,18H,6-7,14-15H2,1-5H3,(H,27,29)(H,30,31)/t25-/m0/s1. The zero-order valence-corrected chi connectivity index (χ0v) is 20.3. The van der Waals surface area contributed by atoms with E-state index in [9.17, 15) is 14.7 Å². The summed E-state index contributed by atoms with van der Waals surface area (Å²) in [7, 11) is 0. The zero-order valence-electron chi connectivity index (χ0n) is 19.5. The van der Waals surface area contributed by atoms with Gasteiger partial charge in [0.1, 0.15) is 11.4 Å². The molecule has 3 rings (SSSR count). The van der Waals surface area contributed by atoms with Crippen LogP contribution in [0.2, 0.25) is 0 Å². The molecule has 2 N–H and O–H groups in total. The molecule has 1 aromatic carbocycles. The molecule has 0 bridgehead atoms. The Labute approximate surface area is 193 Å². The van der Waals surface area contributed by atoms with Crippen LogP contribution in [0.3, 0.4) is 0 Å². The van der Waals surface area contributed by atoms with Crippen LogP contribution in [0.5, 0.6) is 0 Å². The summed E-state index contributed by atoms with van der Waals surface area (Å²) in [6.07, 6.45) is 3.09. The van der Waals surface area contributed by atoms with Crippen molar-refractivity contribution < 1.29 is 14.7 Å². The third-order valence-electron chi connectivity index (χ3n) is 5.92. The third-order valence-corrected chi connectivity index (χ3v) is 6.80. The second kappa shape index (κ2) is 9.86. The number of thiophene rings is 1. The molecule has 0 aliphatic carbocycles. The summed E-state index contributed by atoms with van der Waals surface area (Å²) in [6.45, 7) is 9.81. The van der Waals surface area contributed by atoms with E-state index < -0.39 is 17.4 Å². The van der Waals surface area contributed by atoms with Crippen LogP contribution in [-0.2, 0) is 11.2 Å². The van der Waals surface area contributed by atoms with Crippen LogP contribution in [0, 0.1) is 5.92 Å². The number of aromatic nitrogens is 2. The molecule has 0 unspecified atom stereocenters. The number of amides is 1. The third kappa shape index (κ3) is 5.04. The number of benzene rings is 1. The van der Waals surface area contributed by atoms with Gasteiger partial charge in [-0.3, -0.25) is 4.79 Å². The van der Waals surface area contributed by atoms with Crippen molar-refractivity contribution in [3.8, 4) is 0 Å². The van der Waals surface area contributed by atoms with Gasteiger partial charge in [0.15, 0.2) is 0 Å². The van der Waals surface area contributed by atoms with E-state index in [0.29, 0.717) is 18.0 Å². The first-order valence-corrected chi connectivity index (χ1v) is 12.2. The van der Waals surface area contributed by atoms with Crippen molar-refractivity contribution in [2.45, 2.75) is 71.9 Å². The summed E-state index contributed by atoms with van der Waals surface area (Å²) in [5, 5.41) is 14.5. The first kappa shape index (κ1) is 24.0. The minimum atomic E-state index is -1.32. The summed E-state index contributed by atoms with van der Waals surface area (Å²) < 4.78 is 2.30. The number of carbonyl (C=O) groups is 2. The molecule has 7 heteroatoms. The second-order valence-electron chi connectivity index (χ2n) is 9.02. The van der Waals surface area contributed by atoms with Crippen LogP contribution in [0.4, 0.5) is 0 Å². The molecule has 0 radical (unpaired) electrons. The lowest BCUT2D eigenvalue weighted by molar-refractivity contribution is -0.144. The lowest BCUT2D eigenvalue weighted by atomic mass is 9.90. The smallest absolute Gasteiger partial charge is 0.329 e. The van der Waals surface area contributed by atoms with Gasteiger partial charge in [0.2, 0.25) is 0 Å². The molecule has 32 heavy (non-hydrogen) atoms. The van der Waals surface area contributed by atoms with Gasteiger partial charge in [0.05, 0.1) is 11.0 Å². The van der Waals surface area contributed by atoms with Crippen molar-refractivity contribution in [2.75, 3.05) is 0 Å². The van der Waals surface area contributed by atoms with E-state index in [-0.39, 0.29) is 5.92 Å². The number of carbonyl (C=O) groups excluding carboxylic acids is 1. The molecule has 0 aliphatic rings. The van der Waals surface area contributed by atoms with Gasteiger partial charge in [0.25, 0.3) is 5.91 Å². The van der Waals surface area contributed by atoms with E-state index in [2.05, 4.69) is 35.2 Å². The Hall–Kier alpha value is -2.67. The predicted molar refractivity (Wildman–Crippen MR) is 129 cm³/mol. The van der Waals surface area contributed by atoms with Crippen molar-refractivity contribution in [3.05, 3.63) is 52.0 Å². The molecule has 0 saturated carbocycles. The van der Waals surface area contributed by atoms with Crippen LogP contribution in [0.15, 0.2) is 35.7 Å². The number of hydrogen-bond acceptors (Lipinski definition) is 4. The summed E-state index contributed by atoms with van der Waals surface area (Å²) in [5.41, 5.74) is 0.868. The van der Waals surface area contributed by atoms with Gasteiger partial charge >= 0.3 is 5.97 Å². The van der Waals surface area contributed by atoms with E-state index in [1.807, 2.05) is 26.0 Å². The number of imidazole rings is 1. The number of carboxylic acid groups (broad SMARTS) is 1. The molecule has 1 amide bonds. The fourth-order valence-corrected chi connectivity index (χ4v) is 5.08. The molecule has 1 atom stereocenters. The van der Waals surface area contributed by atoms with Gasteiger partial charge in [-0.05, 0) is 61.7 Å². The Morgan fingerprint density at radius 3 is 2.50 bits per heavy atom. The lowest BCUT2D eigenvalue weighted by Gasteiger charge is -2.28.